The molecular weight excluding hydrogens is 474 g/mol. The van der Waals surface area contributed by atoms with Gasteiger partial charge in [0.2, 0.25) is 0 Å². The lowest BCUT2D eigenvalue weighted by Gasteiger charge is -2.32. The Balaban J connectivity index is 1.51. The van der Waals surface area contributed by atoms with Crippen LogP contribution in [-0.2, 0) is 13.1 Å². The van der Waals surface area contributed by atoms with Crippen molar-refractivity contribution in [2.75, 3.05) is 11.9 Å². The third-order valence-electron chi connectivity index (χ3n) is 6.60. The number of anilines is 1. The second kappa shape index (κ2) is 9.66. The van der Waals surface area contributed by atoms with Gasteiger partial charge in [-0.25, -0.2) is 0 Å². The van der Waals surface area contributed by atoms with Crippen molar-refractivity contribution in [3.63, 3.8) is 0 Å². The number of benzene rings is 2. The highest BCUT2D eigenvalue weighted by Gasteiger charge is 2.34. The molecule has 8 heteroatoms. The van der Waals surface area contributed by atoms with E-state index in [1.165, 1.54) is 5.56 Å². The number of carbonyl (C=O) groups is 2. The Morgan fingerprint density at radius 2 is 1.92 bits per heavy atom. The number of rotatable bonds is 5. The Hall–Kier alpha value is -3.84. The number of hydrogen-bond acceptors (Lipinski definition) is 3. The monoisotopic (exact) mass is 501 g/mol. The highest BCUT2D eigenvalue weighted by molar-refractivity contribution is 6.31. The fourth-order valence-electron chi connectivity index (χ4n) is 4.76. The van der Waals surface area contributed by atoms with Gasteiger partial charge in [-0.2, -0.15) is 5.10 Å². The summed E-state index contributed by atoms with van der Waals surface area (Å²) < 4.78 is 1.92. The SMILES string of the molecule is Cc1ccc(Cn2nc(C(=O)Nc3ccc(Cl)c(C)c3)c3c2[C@H](C)CN(C(=O)c2ccc[nH]2)C3)cc1. The molecule has 0 radical (unpaired) electrons. The number of fused-ring (bicyclic) bond motifs is 1. The van der Waals surface area contributed by atoms with Gasteiger partial charge in [0.25, 0.3) is 11.8 Å². The van der Waals surface area contributed by atoms with Gasteiger partial charge in [0.15, 0.2) is 5.69 Å². The Bertz CT molecular complexity index is 1420. The first-order chi connectivity index (χ1) is 17.3. The molecule has 0 fully saturated rings. The molecule has 7 nitrogen and oxygen atoms in total. The van der Waals surface area contributed by atoms with Crippen LogP contribution in [0.3, 0.4) is 0 Å². The molecule has 2 amide bonds. The summed E-state index contributed by atoms with van der Waals surface area (Å²) in [4.78, 5) is 31.4. The number of H-pyrrole nitrogens is 1. The van der Waals surface area contributed by atoms with Crippen LogP contribution in [0.4, 0.5) is 5.69 Å². The minimum absolute atomic E-state index is 0.00457. The summed E-state index contributed by atoms with van der Waals surface area (Å²) in [6.45, 7) is 7.42. The van der Waals surface area contributed by atoms with E-state index < -0.39 is 0 Å². The average Bonchev–Trinajstić information content (AvgIpc) is 3.51. The van der Waals surface area contributed by atoms with Crippen LogP contribution >= 0.6 is 11.6 Å². The highest BCUT2D eigenvalue weighted by Crippen LogP contribution is 2.32. The van der Waals surface area contributed by atoms with Crippen LogP contribution in [0.2, 0.25) is 5.02 Å². The van der Waals surface area contributed by atoms with Crippen LogP contribution < -0.4 is 5.32 Å². The first-order valence-electron chi connectivity index (χ1n) is 12.0. The van der Waals surface area contributed by atoms with Crippen LogP contribution in [-0.4, -0.2) is 38.0 Å². The van der Waals surface area contributed by atoms with Gasteiger partial charge < -0.3 is 15.2 Å². The van der Waals surface area contributed by atoms with Gasteiger partial charge in [0.1, 0.15) is 5.69 Å². The van der Waals surface area contributed by atoms with E-state index in [9.17, 15) is 9.59 Å². The largest absolute Gasteiger partial charge is 0.357 e. The quantitative estimate of drug-likeness (QED) is 0.376. The van der Waals surface area contributed by atoms with E-state index in [2.05, 4.69) is 48.4 Å². The number of nitrogens with zero attached hydrogens (tertiary/aromatic N) is 3. The number of aromatic amines is 1. The fraction of sp³-hybridized carbons (Fsp3) is 0.250. The topological polar surface area (TPSA) is 83.0 Å². The zero-order valence-electron chi connectivity index (χ0n) is 20.5. The maximum Gasteiger partial charge on any atom is 0.276 e. The molecule has 184 valence electrons. The van der Waals surface area contributed by atoms with Crippen molar-refractivity contribution in [1.29, 1.82) is 0 Å². The highest BCUT2D eigenvalue weighted by atomic mass is 35.5. The van der Waals surface area contributed by atoms with Crippen molar-refractivity contribution in [3.8, 4) is 0 Å². The molecule has 0 aliphatic carbocycles. The summed E-state index contributed by atoms with van der Waals surface area (Å²) >= 11 is 6.15. The molecule has 2 N–H and O–H groups in total. The molecule has 3 heterocycles. The molecule has 0 saturated heterocycles. The van der Waals surface area contributed by atoms with Gasteiger partial charge in [-0.3, -0.25) is 14.3 Å². The fourth-order valence-corrected chi connectivity index (χ4v) is 4.88. The Labute approximate surface area is 215 Å². The third kappa shape index (κ3) is 4.66. The van der Waals surface area contributed by atoms with Gasteiger partial charge in [-0.1, -0.05) is 48.4 Å². The van der Waals surface area contributed by atoms with Crippen molar-refractivity contribution < 1.29 is 9.59 Å². The minimum Gasteiger partial charge on any atom is -0.357 e. The molecule has 2 aromatic carbocycles. The van der Waals surface area contributed by atoms with Crippen molar-refractivity contribution in [2.24, 2.45) is 0 Å². The third-order valence-corrected chi connectivity index (χ3v) is 7.03. The zero-order chi connectivity index (χ0) is 25.4. The lowest BCUT2D eigenvalue weighted by Crippen LogP contribution is -2.38. The van der Waals surface area contributed by atoms with Gasteiger partial charge in [-0.05, 0) is 55.3 Å². The Kier molecular flexibility index (Phi) is 6.41. The molecule has 1 aliphatic heterocycles. The Morgan fingerprint density at radius 1 is 1.14 bits per heavy atom. The number of carbonyl (C=O) groups excluding carboxylic acids is 2. The molecule has 2 aromatic heterocycles. The molecule has 0 saturated carbocycles. The lowest BCUT2D eigenvalue weighted by molar-refractivity contribution is 0.0711. The van der Waals surface area contributed by atoms with Crippen LogP contribution in [0, 0.1) is 13.8 Å². The average molecular weight is 502 g/mol. The van der Waals surface area contributed by atoms with Crippen LogP contribution in [0.1, 0.15) is 61.8 Å². The van der Waals surface area contributed by atoms with E-state index in [0.717, 1.165) is 22.4 Å². The summed E-state index contributed by atoms with van der Waals surface area (Å²) in [6.07, 6.45) is 1.73. The molecule has 4 aromatic rings. The smallest absolute Gasteiger partial charge is 0.276 e. The Morgan fingerprint density at radius 3 is 2.61 bits per heavy atom. The van der Waals surface area contributed by atoms with Crippen molar-refractivity contribution in [2.45, 2.75) is 39.8 Å². The minimum atomic E-state index is -0.308. The zero-order valence-corrected chi connectivity index (χ0v) is 21.3. The molecule has 1 aliphatic rings. The van der Waals surface area contributed by atoms with Crippen LogP contribution in [0.5, 0.6) is 0 Å². The van der Waals surface area contributed by atoms with Crippen molar-refractivity contribution >= 4 is 29.1 Å². The number of amides is 2. The summed E-state index contributed by atoms with van der Waals surface area (Å²) in [5.41, 5.74) is 6.44. The van der Waals surface area contributed by atoms with E-state index in [1.54, 1.807) is 35.4 Å². The van der Waals surface area contributed by atoms with E-state index >= 15 is 0 Å². The summed E-state index contributed by atoms with van der Waals surface area (Å²) in [6, 6.07) is 17.2. The molecule has 0 spiro atoms. The molecular formula is C28H28ClN5O2. The van der Waals surface area contributed by atoms with Gasteiger partial charge >= 0.3 is 0 Å². The molecule has 0 unspecified atom stereocenters. The molecule has 1 atom stereocenters. The predicted molar refractivity (Wildman–Crippen MR) is 141 cm³/mol. The van der Waals surface area contributed by atoms with Crippen molar-refractivity contribution in [1.82, 2.24) is 19.7 Å². The number of aromatic nitrogens is 3. The number of aryl methyl sites for hydroxylation is 2. The van der Waals surface area contributed by atoms with E-state index in [0.29, 0.717) is 41.7 Å². The number of halogens is 1. The lowest BCUT2D eigenvalue weighted by atomic mass is 9.95. The van der Waals surface area contributed by atoms with E-state index in [4.69, 9.17) is 16.7 Å². The predicted octanol–water partition coefficient (Wildman–Crippen LogP) is 5.54. The summed E-state index contributed by atoms with van der Waals surface area (Å²) in [7, 11) is 0. The van der Waals surface area contributed by atoms with Crippen LogP contribution in [0.25, 0.3) is 0 Å². The molecule has 0 bridgehead atoms. The summed E-state index contributed by atoms with van der Waals surface area (Å²) in [5, 5.41) is 8.39. The normalized spacial score (nSPS) is 15.0. The molecule has 5 rings (SSSR count). The summed E-state index contributed by atoms with van der Waals surface area (Å²) in [5.74, 6) is -0.398. The second-order valence-corrected chi connectivity index (χ2v) is 9.85. The van der Waals surface area contributed by atoms with Crippen molar-refractivity contribution in [3.05, 3.63) is 105 Å². The maximum atomic E-state index is 13.5. The van der Waals surface area contributed by atoms with Crippen LogP contribution in [0.15, 0.2) is 60.8 Å². The standard InChI is InChI=1S/C28H28ClN5O2/c1-17-6-8-20(9-7-17)15-34-26-19(3)14-33(28(36)24-5-4-12-30-24)16-22(26)25(32-34)27(35)31-21-10-11-23(29)18(2)13-21/h4-13,19,30H,14-16H2,1-3H3,(H,31,35)/t19-/m1/s1. The van der Waals surface area contributed by atoms with E-state index in [-0.39, 0.29) is 17.7 Å². The second-order valence-electron chi connectivity index (χ2n) is 9.44. The van der Waals surface area contributed by atoms with Gasteiger partial charge in [0.05, 0.1) is 13.1 Å². The van der Waals surface area contributed by atoms with E-state index in [1.807, 2.05) is 17.7 Å². The van der Waals surface area contributed by atoms with Gasteiger partial charge in [0, 0.05) is 40.6 Å². The first-order valence-corrected chi connectivity index (χ1v) is 12.3. The molecule has 36 heavy (non-hydrogen) atoms. The number of hydrogen-bond donors (Lipinski definition) is 2. The number of nitrogens with one attached hydrogen (secondary N) is 2. The van der Waals surface area contributed by atoms with Gasteiger partial charge in [-0.15, -0.1) is 0 Å². The maximum absolute atomic E-state index is 13.5. The first kappa shape index (κ1) is 23.9.